The van der Waals surface area contributed by atoms with Crippen LogP contribution in [0.2, 0.25) is 0 Å². The zero-order valence-electron chi connectivity index (χ0n) is 8.31. The van der Waals surface area contributed by atoms with Crippen LogP contribution in [0.3, 0.4) is 0 Å². The van der Waals surface area contributed by atoms with Gasteiger partial charge in [0.05, 0.1) is 11.4 Å². The molecule has 3 N–H and O–H groups in total. The first-order valence-corrected chi connectivity index (χ1v) is 5.45. The highest BCUT2D eigenvalue weighted by molar-refractivity contribution is 7.90. The smallest absolute Gasteiger partial charge is 0.324 e. The third-order valence-corrected chi connectivity index (χ3v) is 3.79. The Morgan fingerprint density at radius 1 is 1.43 bits per heavy atom. The van der Waals surface area contributed by atoms with Crippen LogP contribution in [-0.2, 0) is 14.8 Å². The summed E-state index contributed by atoms with van der Waals surface area (Å²) in [5.74, 6) is -1.40. The van der Waals surface area contributed by atoms with Gasteiger partial charge in [-0.15, -0.1) is 0 Å². The lowest BCUT2D eigenvalue weighted by atomic mass is 10.3. The highest BCUT2D eigenvalue weighted by atomic mass is 32.2. The lowest BCUT2D eigenvalue weighted by Gasteiger charge is -2.22. The molecule has 84 valence electrons. The van der Waals surface area contributed by atoms with E-state index in [0.717, 1.165) is 0 Å². The lowest BCUT2D eigenvalue weighted by Crippen LogP contribution is -2.49. The maximum Gasteiger partial charge on any atom is 0.324 e. The van der Waals surface area contributed by atoms with Crippen molar-refractivity contribution in [3.63, 3.8) is 0 Å². The lowest BCUT2D eigenvalue weighted by molar-refractivity contribution is -0.139. The number of aliphatic carboxylic acids is 1. The van der Waals surface area contributed by atoms with Gasteiger partial charge in [0.1, 0.15) is 6.04 Å². The van der Waals surface area contributed by atoms with Crippen LogP contribution in [-0.4, -0.2) is 42.0 Å². The Labute approximate surface area is 83.0 Å². The van der Waals surface area contributed by atoms with Gasteiger partial charge >= 0.3 is 5.97 Å². The second-order valence-corrected chi connectivity index (χ2v) is 6.27. The summed E-state index contributed by atoms with van der Waals surface area (Å²) in [6, 6.07) is -1.49. The molecule has 0 amide bonds. The molecule has 0 aliphatic heterocycles. The fraction of sp³-hybridized carbons (Fsp3) is 0.857. The number of sulfonamides is 1. The van der Waals surface area contributed by atoms with E-state index in [4.69, 9.17) is 10.2 Å². The van der Waals surface area contributed by atoms with Gasteiger partial charge in [-0.25, -0.2) is 8.42 Å². The molecule has 0 spiro atoms. The van der Waals surface area contributed by atoms with Crippen molar-refractivity contribution in [2.24, 2.45) is 0 Å². The van der Waals surface area contributed by atoms with Crippen molar-refractivity contribution in [2.45, 2.75) is 31.6 Å². The van der Waals surface area contributed by atoms with E-state index in [2.05, 4.69) is 0 Å². The number of carboxylic acids is 1. The first kappa shape index (κ1) is 13.3. The van der Waals surface area contributed by atoms with E-state index < -0.39 is 33.4 Å². The molecule has 0 unspecified atom stereocenters. The summed E-state index contributed by atoms with van der Waals surface area (Å²) in [5, 5.41) is 17.1. The number of rotatable bonds is 4. The molecule has 0 aliphatic carbocycles. The number of hydrogen-bond acceptors (Lipinski definition) is 4. The first-order valence-electron chi connectivity index (χ1n) is 3.97. The van der Waals surface area contributed by atoms with E-state index in [1.807, 2.05) is 4.72 Å². The Hall–Kier alpha value is -0.660. The van der Waals surface area contributed by atoms with Crippen molar-refractivity contribution in [3.8, 4) is 0 Å². The van der Waals surface area contributed by atoms with Gasteiger partial charge in [0, 0.05) is 0 Å². The van der Waals surface area contributed by atoms with Crippen LogP contribution in [0.1, 0.15) is 20.8 Å². The molecule has 0 aromatic heterocycles. The predicted molar refractivity (Wildman–Crippen MR) is 50.3 cm³/mol. The van der Waals surface area contributed by atoms with Gasteiger partial charge in [0.15, 0.2) is 0 Å². The SMILES string of the molecule is CC(C)(C)S(=O)(=O)N[C@@H](CO)C(=O)O. The van der Waals surface area contributed by atoms with Gasteiger partial charge < -0.3 is 10.2 Å². The van der Waals surface area contributed by atoms with Gasteiger partial charge in [-0.3, -0.25) is 4.79 Å². The Bertz CT molecular complexity index is 303. The largest absolute Gasteiger partial charge is 0.480 e. The molecule has 6 nitrogen and oxygen atoms in total. The van der Waals surface area contributed by atoms with E-state index >= 15 is 0 Å². The average molecular weight is 225 g/mol. The van der Waals surface area contributed by atoms with Crippen LogP contribution in [0.4, 0.5) is 0 Å². The molecular weight excluding hydrogens is 210 g/mol. The Kier molecular flexibility index (Phi) is 4.04. The molecule has 0 saturated heterocycles. The molecule has 0 aromatic rings. The monoisotopic (exact) mass is 225 g/mol. The molecule has 0 saturated carbocycles. The maximum absolute atomic E-state index is 11.4. The standard InChI is InChI=1S/C7H15NO5S/c1-7(2,3)14(12,13)8-5(4-9)6(10)11/h5,8-9H,4H2,1-3H3,(H,10,11)/t5-/m0/s1. The molecule has 0 aromatic carbocycles. The fourth-order valence-electron chi connectivity index (χ4n) is 0.530. The minimum Gasteiger partial charge on any atom is -0.480 e. The minimum absolute atomic E-state index is 0.773. The van der Waals surface area contributed by atoms with E-state index in [-0.39, 0.29) is 0 Å². The summed E-state index contributed by atoms with van der Waals surface area (Å²) in [4.78, 5) is 10.4. The van der Waals surface area contributed by atoms with E-state index in [1.165, 1.54) is 20.8 Å². The van der Waals surface area contributed by atoms with Gasteiger partial charge in [-0.05, 0) is 20.8 Å². The molecule has 0 aliphatic rings. The zero-order chi connectivity index (χ0) is 11.6. The molecule has 14 heavy (non-hydrogen) atoms. The first-order chi connectivity index (χ1) is 6.12. The van der Waals surface area contributed by atoms with Crippen LogP contribution in [0, 0.1) is 0 Å². The number of carbonyl (C=O) groups is 1. The Morgan fingerprint density at radius 3 is 2.07 bits per heavy atom. The van der Waals surface area contributed by atoms with Gasteiger partial charge in [-0.2, -0.15) is 4.72 Å². The van der Waals surface area contributed by atoms with E-state index in [1.54, 1.807) is 0 Å². The van der Waals surface area contributed by atoms with Crippen molar-refractivity contribution >= 4 is 16.0 Å². The van der Waals surface area contributed by atoms with Crippen LogP contribution in [0.25, 0.3) is 0 Å². The molecule has 0 rings (SSSR count). The number of carboxylic acid groups (broad SMARTS) is 1. The third-order valence-electron chi connectivity index (χ3n) is 1.58. The summed E-state index contributed by atoms with van der Waals surface area (Å²) in [7, 11) is -3.74. The van der Waals surface area contributed by atoms with Crippen molar-refractivity contribution in [2.75, 3.05) is 6.61 Å². The number of aliphatic hydroxyl groups is 1. The van der Waals surface area contributed by atoms with Crippen LogP contribution in [0.15, 0.2) is 0 Å². The van der Waals surface area contributed by atoms with Gasteiger partial charge in [0.25, 0.3) is 0 Å². The maximum atomic E-state index is 11.4. The molecule has 1 atom stereocenters. The van der Waals surface area contributed by atoms with Crippen LogP contribution >= 0.6 is 0 Å². The summed E-state index contributed by atoms with van der Waals surface area (Å²) < 4.78 is 23.7. The number of aliphatic hydroxyl groups excluding tert-OH is 1. The second-order valence-electron chi connectivity index (χ2n) is 3.81. The number of hydrogen-bond donors (Lipinski definition) is 3. The minimum atomic E-state index is -3.74. The summed E-state index contributed by atoms with van der Waals surface area (Å²) in [6.45, 7) is 3.54. The van der Waals surface area contributed by atoms with Crippen LogP contribution < -0.4 is 4.72 Å². The fourth-order valence-corrected chi connectivity index (χ4v) is 1.43. The average Bonchev–Trinajstić information content (AvgIpc) is 1.97. The predicted octanol–water partition coefficient (Wildman–Crippen LogP) is -0.850. The summed E-state index contributed by atoms with van der Waals surface area (Å²) in [5.41, 5.74) is 0. The van der Waals surface area contributed by atoms with Crippen LogP contribution in [0.5, 0.6) is 0 Å². The normalized spacial score (nSPS) is 15.1. The van der Waals surface area contributed by atoms with Crippen molar-refractivity contribution in [3.05, 3.63) is 0 Å². The molecular formula is C7H15NO5S. The quantitative estimate of drug-likeness (QED) is 0.578. The van der Waals surface area contributed by atoms with E-state index in [0.29, 0.717) is 0 Å². The Balaban J connectivity index is 4.75. The Morgan fingerprint density at radius 2 is 1.86 bits per heavy atom. The highest BCUT2D eigenvalue weighted by Crippen LogP contribution is 2.13. The zero-order valence-corrected chi connectivity index (χ0v) is 9.13. The molecule has 0 bridgehead atoms. The number of nitrogens with one attached hydrogen (secondary N) is 1. The molecule has 0 heterocycles. The van der Waals surface area contributed by atoms with Crippen molar-refractivity contribution < 1.29 is 23.4 Å². The van der Waals surface area contributed by atoms with Crippen molar-refractivity contribution in [1.82, 2.24) is 4.72 Å². The molecule has 0 radical (unpaired) electrons. The van der Waals surface area contributed by atoms with Crippen molar-refractivity contribution in [1.29, 1.82) is 0 Å². The molecule has 0 fully saturated rings. The summed E-state index contributed by atoms with van der Waals surface area (Å²) in [6.07, 6.45) is 0. The molecule has 7 heteroatoms. The second kappa shape index (κ2) is 4.24. The van der Waals surface area contributed by atoms with E-state index in [9.17, 15) is 13.2 Å². The summed E-state index contributed by atoms with van der Waals surface area (Å²) >= 11 is 0. The van der Waals surface area contributed by atoms with Gasteiger partial charge in [0.2, 0.25) is 10.0 Å². The van der Waals surface area contributed by atoms with Gasteiger partial charge in [-0.1, -0.05) is 0 Å². The topological polar surface area (TPSA) is 104 Å². The highest BCUT2D eigenvalue weighted by Gasteiger charge is 2.33. The third kappa shape index (κ3) is 3.24.